The van der Waals surface area contributed by atoms with Crippen molar-refractivity contribution in [2.45, 2.75) is 31.8 Å². The highest BCUT2D eigenvalue weighted by Gasteiger charge is 2.23. The Kier molecular flexibility index (Phi) is 4.61. The molecule has 5 aromatic rings. The molecule has 11 heteroatoms. The van der Waals surface area contributed by atoms with E-state index >= 15 is 0 Å². The van der Waals surface area contributed by atoms with Gasteiger partial charge in [0.15, 0.2) is 11.5 Å². The zero-order valence-electron chi connectivity index (χ0n) is 17.3. The van der Waals surface area contributed by atoms with Crippen LogP contribution in [-0.2, 0) is 13.1 Å². The first-order chi connectivity index (χ1) is 16.0. The van der Waals surface area contributed by atoms with Crippen LogP contribution in [0.2, 0.25) is 5.02 Å². The molecule has 0 aromatic carbocycles. The zero-order chi connectivity index (χ0) is 22.5. The molecule has 1 N–H and O–H groups in total. The van der Waals surface area contributed by atoms with Gasteiger partial charge in [-0.15, -0.1) is 5.10 Å². The van der Waals surface area contributed by atoms with Gasteiger partial charge in [0.2, 0.25) is 0 Å². The number of carbonyl (C=O) groups is 1. The average molecular weight is 465 g/mol. The van der Waals surface area contributed by atoms with Crippen molar-refractivity contribution in [3.05, 3.63) is 82.8 Å². The van der Waals surface area contributed by atoms with Crippen molar-refractivity contribution in [2.24, 2.45) is 0 Å². The van der Waals surface area contributed by atoms with Crippen LogP contribution in [0.1, 0.15) is 46.2 Å². The van der Waals surface area contributed by atoms with E-state index < -0.39 is 5.82 Å². The number of aromatic nitrogens is 7. The fourth-order valence-electron chi connectivity index (χ4n) is 3.88. The highest BCUT2D eigenvalue weighted by molar-refractivity contribution is 6.31. The van der Waals surface area contributed by atoms with Crippen LogP contribution in [0.5, 0.6) is 0 Å². The minimum Gasteiger partial charge on any atom is -0.345 e. The third-order valence-corrected chi connectivity index (χ3v) is 6.03. The Labute approximate surface area is 191 Å². The number of amides is 1. The van der Waals surface area contributed by atoms with Crippen LogP contribution < -0.4 is 5.32 Å². The van der Waals surface area contributed by atoms with Gasteiger partial charge in [-0.1, -0.05) is 22.9 Å². The molecule has 0 saturated heterocycles. The average Bonchev–Trinajstić information content (AvgIpc) is 3.23. The Morgan fingerprint density at radius 1 is 1.18 bits per heavy atom. The molecule has 0 bridgehead atoms. The molecule has 1 amide bonds. The fourth-order valence-corrected chi connectivity index (χ4v) is 4.03. The fraction of sp³-hybridized carbons (Fsp3) is 0.227. The number of hydrogen-bond donors (Lipinski definition) is 1. The van der Waals surface area contributed by atoms with Crippen LogP contribution in [0, 0.1) is 5.82 Å². The number of carbonyl (C=O) groups excluding carboxylic acids is 1. The van der Waals surface area contributed by atoms with Gasteiger partial charge in [-0.2, -0.15) is 0 Å². The predicted molar refractivity (Wildman–Crippen MR) is 118 cm³/mol. The first-order valence-electron chi connectivity index (χ1n) is 10.5. The lowest BCUT2D eigenvalue weighted by Gasteiger charge is -2.02. The van der Waals surface area contributed by atoms with Crippen molar-refractivity contribution in [1.29, 1.82) is 0 Å². The summed E-state index contributed by atoms with van der Waals surface area (Å²) in [6.07, 6.45) is 10.9. The molecule has 0 spiro atoms. The summed E-state index contributed by atoms with van der Waals surface area (Å²) >= 11 is 5.86. The van der Waals surface area contributed by atoms with E-state index in [0.717, 1.165) is 11.3 Å². The quantitative estimate of drug-likeness (QED) is 0.416. The largest absolute Gasteiger partial charge is 0.345 e. The van der Waals surface area contributed by atoms with Crippen molar-refractivity contribution in [2.75, 3.05) is 0 Å². The molecule has 166 valence electrons. The number of halogens is 2. The van der Waals surface area contributed by atoms with Crippen LogP contribution in [0.15, 0.2) is 49.3 Å². The smallest absolute Gasteiger partial charge is 0.273 e. The highest BCUT2D eigenvalue weighted by atomic mass is 35.5. The second-order valence-electron chi connectivity index (χ2n) is 8.17. The lowest BCUT2D eigenvalue weighted by atomic mass is 10.2. The molecule has 0 unspecified atom stereocenters. The highest BCUT2D eigenvalue weighted by Crippen LogP contribution is 2.39. The van der Waals surface area contributed by atoms with Crippen LogP contribution in [0.25, 0.3) is 11.2 Å². The van der Waals surface area contributed by atoms with E-state index in [2.05, 4.69) is 37.9 Å². The van der Waals surface area contributed by atoms with Gasteiger partial charge < -0.3 is 14.1 Å². The van der Waals surface area contributed by atoms with Crippen LogP contribution in [0.3, 0.4) is 0 Å². The van der Waals surface area contributed by atoms with Crippen LogP contribution >= 0.6 is 11.6 Å². The van der Waals surface area contributed by atoms with E-state index in [4.69, 9.17) is 11.6 Å². The topological polar surface area (TPSA) is 94.4 Å². The van der Waals surface area contributed by atoms with Gasteiger partial charge in [0.05, 0.1) is 47.5 Å². The maximum Gasteiger partial charge on any atom is 0.273 e. The number of hydrogen-bond acceptors (Lipinski definition) is 5. The van der Waals surface area contributed by atoms with Crippen LogP contribution in [-0.4, -0.2) is 39.7 Å². The van der Waals surface area contributed by atoms with Crippen molar-refractivity contribution in [1.82, 2.24) is 39.1 Å². The van der Waals surface area contributed by atoms with Gasteiger partial charge in [-0.3, -0.25) is 4.79 Å². The molecular weight excluding hydrogens is 447 g/mol. The summed E-state index contributed by atoms with van der Waals surface area (Å²) in [7, 11) is 0. The standard InChI is InChI=1S/C22H18ClFN8O/c23-16-5-20-18(26-12-31(20)10-17(16)24)6-25-22(33)19-11-32(29-28-19)9-15-8-30-7-14(13-1-2-13)3-4-21(30)27-15/h3-5,7-8,10-13H,1-2,6,9H2,(H,25,33). The number of fused-ring (bicyclic) bond motifs is 2. The first-order valence-corrected chi connectivity index (χ1v) is 10.9. The SMILES string of the molecule is O=C(NCc1ncn2cc(F)c(Cl)cc12)c1cn(Cc2cn3cc(C4CC4)ccc3n2)nn1. The summed E-state index contributed by atoms with van der Waals surface area (Å²) in [5.41, 5.74) is 4.40. The van der Waals surface area contributed by atoms with Gasteiger partial charge in [0.1, 0.15) is 5.65 Å². The van der Waals surface area contributed by atoms with Gasteiger partial charge >= 0.3 is 0 Å². The molecule has 6 rings (SSSR count). The molecule has 9 nitrogen and oxygen atoms in total. The maximum atomic E-state index is 13.6. The first kappa shape index (κ1) is 19.9. The van der Waals surface area contributed by atoms with E-state index in [1.807, 2.05) is 16.7 Å². The normalized spacial score (nSPS) is 13.8. The van der Waals surface area contributed by atoms with E-state index in [0.29, 0.717) is 23.7 Å². The third-order valence-electron chi connectivity index (χ3n) is 5.74. The van der Waals surface area contributed by atoms with Crippen LogP contribution in [0.4, 0.5) is 4.39 Å². The Hall–Kier alpha value is -3.79. The second-order valence-corrected chi connectivity index (χ2v) is 8.58. The molecule has 0 atom stereocenters. The van der Waals surface area contributed by atoms with E-state index in [1.54, 1.807) is 10.9 Å². The number of nitrogens with one attached hydrogen (secondary N) is 1. The van der Waals surface area contributed by atoms with Gasteiger partial charge in [0.25, 0.3) is 5.91 Å². The van der Waals surface area contributed by atoms with Gasteiger partial charge in [0, 0.05) is 18.6 Å². The molecule has 1 saturated carbocycles. The Bertz CT molecular complexity index is 1520. The monoisotopic (exact) mass is 464 g/mol. The maximum absolute atomic E-state index is 13.6. The molecular formula is C22H18ClFN8O. The van der Waals surface area contributed by atoms with Crippen molar-refractivity contribution >= 4 is 28.7 Å². The minimum absolute atomic E-state index is 0.00534. The Morgan fingerprint density at radius 3 is 2.91 bits per heavy atom. The van der Waals surface area contributed by atoms with Crippen molar-refractivity contribution in [3.8, 4) is 0 Å². The third kappa shape index (κ3) is 3.82. The second kappa shape index (κ2) is 7.66. The number of imidazole rings is 2. The molecule has 5 heterocycles. The molecule has 1 aliphatic rings. The zero-order valence-corrected chi connectivity index (χ0v) is 18.1. The molecule has 1 aliphatic carbocycles. The van der Waals surface area contributed by atoms with Gasteiger partial charge in [-0.05, 0) is 36.5 Å². The molecule has 33 heavy (non-hydrogen) atoms. The molecule has 0 aliphatic heterocycles. The van der Waals surface area contributed by atoms with Gasteiger partial charge in [-0.25, -0.2) is 19.0 Å². The summed E-state index contributed by atoms with van der Waals surface area (Å²) in [4.78, 5) is 21.4. The molecule has 5 aromatic heterocycles. The van der Waals surface area contributed by atoms with E-state index in [1.165, 1.54) is 41.4 Å². The lowest BCUT2D eigenvalue weighted by molar-refractivity contribution is 0.0945. The Balaban J connectivity index is 1.13. The van der Waals surface area contributed by atoms with Crippen molar-refractivity contribution < 1.29 is 9.18 Å². The number of nitrogens with zero attached hydrogens (tertiary/aromatic N) is 7. The molecule has 1 fully saturated rings. The van der Waals surface area contributed by atoms with E-state index in [-0.39, 0.29) is 23.2 Å². The summed E-state index contributed by atoms with van der Waals surface area (Å²) < 4.78 is 18.7. The summed E-state index contributed by atoms with van der Waals surface area (Å²) in [6, 6.07) is 5.64. The summed E-state index contributed by atoms with van der Waals surface area (Å²) in [5, 5.41) is 10.8. The lowest BCUT2D eigenvalue weighted by Crippen LogP contribution is -2.23. The summed E-state index contributed by atoms with van der Waals surface area (Å²) in [5.74, 6) is -0.252. The Morgan fingerprint density at radius 2 is 2.06 bits per heavy atom. The number of pyridine rings is 2. The minimum atomic E-state index is -0.539. The van der Waals surface area contributed by atoms with E-state index in [9.17, 15) is 9.18 Å². The summed E-state index contributed by atoms with van der Waals surface area (Å²) in [6.45, 7) is 0.538. The number of rotatable bonds is 6. The van der Waals surface area contributed by atoms with Crippen molar-refractivity contribution in [3.63, 3.8) is 0 Å². The molecule has 0 radical (unpaired) electrons. The predicted octanol–water partition coefficient (Wildman–Crippen LogP) is 3.22.